The molecule has 0 heterocycles. The van der Waals surface area contributed by atoms with E-state index in [2.05, 4.69) is 22.6 Å². The predicted molar refractivity (Wildman–Crippen MR) is 108 cm³/mol. The number of hydrogen-bond acceptors (Lipinski definition) is 9. The molecule has 2 aromatic rings. The molecular formula is C18H21N4NaO6S. The first-order valence-electron chi connectivity index (χ1n) is 8.34. The van der Waals surface area contributed by atoms with Crippen molar-refractivity contribution in [3.05, 3.63) is 48.0 Å². The standard InChI is InChI=1S/C18H22N4O6S.Na/c1-19-22(9-10-29(24,25)26)21-15-12-16(27-2)14(11-17(15)28-3)20-18(23)13-7-5-4-6-8-13;/h4-8,11-12,21H,1,9-10H2,2-3H3,(H,20,23)(H,24,25,26);/q;+1/p-1. The second kappa shape index (κ2) is 11.8. The minimum atomic E-state index is -4.42. The number of amides is 1. The number of hydrazine groups is 1. The predicted octanol–water partition coefficient (Wildman–Crippen LogP) is -1.25. The van der Waals surface area contributed by atoms with Gasteiger partial charge in [0.1, 0.15) is 17.2 Å². The van der Waals surface area contributed by atoms with Gasteiger partial charge in [0.25, 0.3) is 5.91 Å². The number of nitrogens with one attached hydrogen (secondary N) is 2. The molecule has 0 bridgehead atoms. The largest absolute Gasteiger partial charge is 1.00 e. The Bertz CT molecular complexity index is 972. The van der Waals surface area contributed by atoms with Crippen molar-refractivity contribution in [3.63, 3.8) is 0 Å². The summed E-state index contributed by atoms with van der Waals surface area (Å²) >= 11 is 0. The Balaban J connectivity index is 0.00000450. The second-order valence-corrected chi connectivity index (χ2v) is 7.23. The monoisotopic (exact) mass is 444 g/mol. The van der Waals surface area contributed by atoms with Crippen molar-refractivity contribution in [2.75, 3.05) is 37.3 Å². The number of carbonyl (C=O) groups is 1. The van der Waals surface area contributed by atoms with E-state index in [0.717, 1.165) is 5.12 Å². The summed E-state index contributed by atoms with van der Waals surface area (Å²) in [5.74, 6) is -0.364. The topological polar surface area (TPSA) is 132 Å². The molecule has 12 heteroatoms. The van der Waals surface area contributed by atoms with Gasteiger partial charge in [0.15, 0.2) is 0 Å². The van der Waals surface area contributed by atoms with Gasteiger partial charge in [-0.2, -0.15) is 5.10 Å². The van der Waals surface area contributed by atoms with Crippen molar-refractivity contribution in [1.82, 2.24) is 5.12 Å². The maximum atomic E-state index is 12.4. The number of methoxy groups -OCH3 is 2. The van der Waals surface area contributed by atoms with E-state index < -0.39 is 15.9 Å². The van der Waals surface area contributed by atoms with E-state index in [9.17, 15) is 17.8 Å². The maximum Gasteiger partial charge on any atom is 1.00 e. The quantitative estimate of drug-likeness (QED) is 0.201. The molecule has 2 N–H and O–H groups in total. The van der Waals surface area contributed by atoms with Gasteiger partial charge in [0.05, 0.1) is 42.3 Å². The van der Waals surface area contributed by atoms with E-state index in [0.29, 0.717) is 28.4 Å². The molecule has 2 aromatic carbocycles. The van der Waals surface area contributed by atoms with Crippen LogP contribution in [0.3, 0.4) is 0 Å². The summed E-state index contributed by atoms with van der Waals surface area (Å²) in [4.78, 5) is 12.4. The average Bonchev–Trinajstić information content (AvgIpc) is 2.71. The summed E-state index contributed by atoms with van der Waals surface area (Å²) in [6.07, 6.45) is 0. The number of ether oxygens (including phenoxy) is 2. The fourth-order valence-corrected chi connectivity index (χ4v) is 2.76. The van der Waals surface area contributed by atoms with Crippen molar-refractivity contribution in [2.24, 2.45) is 5.10 Å². The van der Waals surface area contributed by atoms with Gasteiger partial charge in [-0.15, -0.1) is 0 Å². The van der Waals surface area contributed by atoms with Crippen LogP contribution in [0.1, 0.15) is 10.4 Å². The number of anilines is 2. The summed E-state index contributed by atoms with van der Waals surface area (Å²) in [6, 6.07) is 11.7. The first-order chi connectivity index (χ1) is 13.8. The van der Waals surface area contributed by atoms with Gasteiger partial charge in [0, 0.05) is 24.4 Å². The van der Waals surface area contributed by atoms with Crippen LogP contribution >= 0.6 is 0 Å². The molecule has 0 aliphatic rings. The molecule has 0 saturated heterocycles. The first kappa shape index (κ1) is 25.7. The van der Waals surface area contributed by atoms with E-state index in [4.69, 9.17) is 9.47 Å². The Morgan fingerprint density at radius 2 is 1.70 bits per heavy atom. The van der Waals surface area contributed by atoms with Crippen molar-refractivity contribution in [3.8, 4) is 11.5 Å². The molecular weight excluding hydrogens is 423 g/mol. The van der Waals surface area contributed by atoms with Crippen LogP contribution < -0.4 is 49.8 Å². The third-order valence-corrected chi connectivity index (χ3v) is 4.46. The SMILES string of the molecule is C=NN(CCS(=O)(=O)[O-])Nc1cc(OC)c(NC(=O)c2ccccc2)cc1OC.[Na+]. The molecule has 0 aliphatic carbocycles. The molecule has 0 unspecified atom stereocenters. The summed E-state index contributed by atoms with van der Waals surface area (Å²) in [5, 5.41) is 7.46. The summed E-state index contributed by atoms with van der Waals surface area (Å²) < 4.78 is 43.2. The Kier molecular flexibility index (Phi) is 10.1. The fourth-order valence-electron chi connectivity index (χ4n) is 2.37. The first-order valence-corrected chi connectivity index (χ1v) is 9.92. The molecule has 1 amide bonds. The molecule has 10 nitrogen and oxygen atoms in total. The fraction of sp³-hybridized carbons (Fsp3) is 0.222. The van der Waals surface area contributed by atoms with Gasteiger partial charge in [-0.3, -0.25) is 10.2 Å². The molecule has 0 aliphatic heterocycles. The Morgan fingerprint density at radius 1 is 1.13 bits per heavy atom. The minimum Gasteiger partial charge on any atom is -0.748 e. The number of nitrogens with zero attached hydrogens (tertiary/aromatic N) is 2. The summed E-state index contributed by atoms with van der Waals surface area (Å²) in [7, 11) is -1.57. The Hall–Kier alpha value is -2.31. The van der Waals surface area contributed by atoms with Crippen LogP contribution in [0.2, 0.25) is 0 Å². The van der Waals surface area contributed by atoms with Crippen molar-refractivity contribution in [2.45, 2.75) is 0 Å². The molecule has 0 atom stereocenters. The zero-order valence-corrected chi connectivity index (χ0v) is 19.7. The van der Waals surface area contributed by atoms with E-state index >= 15 is 0 Å². The number of carbonyl (C=O) groups excluding carboxylic acids is 1. The van der Waals surface area contributed by atoms with E-state index in [-0.39, 0.29) is 42.0 Å². The molecule has 0 radical (unpaired) electrons. The van der Waals surface area contributed by atoms with Crippen LogP contribution in [0.4, 0.5) is 11.4 Å². The van der Waals surface area contributed by atoms with E-state index in [1.54, 1.807) is 30.3 Å². The molecule has 0 aromatic heterocycles. The van der Waals surface area contributed by atoms with E-state index in [1.165, 1.54) is 26.4 Å². The molecule has 0 saturated carbocycles. The van der Waals surface area contributed by atoms with Crippen LogP contribution in [0.15, 0.2) is 47.6 Å². The van der Waals surface area contributed by atoms with E-state index in [1.807, 2.05) is 0 Å². The van der Waals surface area contributed by atoms with Gasteiger partial charge in [-0.05, 0) is 12.1 Å². The number of benzene rings is 2. The minimum absolute atomic E-state index is 0. The molecule has 0 spiro atoms. The second-order valence-electron chi connectivity index (χ2n) is 5.71. The number of hydrogen-bond donors (Lipinski definition) is 2. The summed E-state index contributed by atoms with van der Waals surface area (Å²) in [5.41, 5.74) is 3.98. The normalized spacial score (nSPS) is 10.4. The Labute approximate surface area is 197 Å². The van der Waals surface area contributed by atoms with Gasteiger partial charge in [-0.1, -0.05) is 18.2 Å². The van der Waals surface area contributed by atoms with Crippen LogP contribution in [0.5, 0.6) is 11.5 Å². The van der Waals surface area contributed by atoms with Crippen molar-refractivity contribution >= 4 is 34.1 Å². The zero-order chi connectivity index (χ0) is 21.4. The third-order valence-electron chi connectivity index (χ3n) is 3.78. The van der Waals surface area contributed by atoms with Crippen LogP contribution in [0, 0.1) is 0 Å². The Morgan fingerprint density at radius 3 is 2.23 bits per heavy atom. The number of hydrazone groups is 1. The third kappa shape index (κ3) is 7.50. The smallest absolute Gasteiger partial charge is 0.748 e. The van der Waals surface area contributed by atoms with Crippen molar-refractivity contribution < 1.29 is 56.8 Å². The zero-order valence-electron chi connectivity index (χ0n) is 16.9. The van der Waals surface area contributed by atoms with Crippen LogP contribution in [0.25, 0.3) is 0 Å². The molecule has 2 rings (SSSR count). The molecule has 0 fully saturated rings. The van der Waals surface area contributed by atoms with Crippen LogP contribution in [-0.2, 0) is 10.1 Å². The van der Waals surface area contributed by atoms with Crippen LogP contribution in [-0.4, -0.2) is 57.2 Å². The number of rotatable bonds is 10. The summed E-state index contributed by atoms with van der Waals surface area (Å²) in [6.45, 7) is 3.11. The maximum absolute atomic E-state index is 12.4. The van der Waals surface area contributed by atoms with Gasteiger partial charge < -0.3 is 19.3 Å². The molecule has 156 valence electrons. The van der Waals surface area contributed by atoms with Gasteiger partial charge >= 0.3 is 29.6 Å². The molecule has 30 heavy (non-hydrogen) atoms. The average molecular weight is 444 g/mol. The van der Waals surface area contributed by atoms with Gasteiger partial charge in [0.2, 0.25) is 0 Å². The van der Waals surface area contributed by atoms with Crippen molar-refractivity contribution in [1.29, 1.82) is 0 Å². The van der Waals surface area contributed by atoms with Gasteiger partial charge in [-0.25, -0.2) is 13.5 Å².